The molecular formula is C15H17BrN2. The lowest BCUT2D eigenvalue weighted by molar-refractivity contribution is 0.553. The van der Waals surface area contributed by atoms with E-state index in [9.17, 15) is 0 Å². The normalized spacial score (nSPS) is 23.8. The van der Waals surface area contributed by atoms with E-state index in [0.29, 0.717) is 6.04 Å². The highest BCUT2D eigenvalue weighted by Crippen LogP contribution is 2.33. The summed E-state index contributed by atoms with van der Waals surface area (Å²) < 4.78 is 0. The van der Waals surface area contributed by atoms with E-state index < -0.39 is 0 Å². The van der Waals surface area contributed by atoms with Crippen LogP contribution in [-0.4, -0.2) is 22.9 Å². The smallest absolute Gasteiger partial charge is 0.136 e. The maximum absolute atomic E-state index is 4.63. The van der Waals surface area contributed by atoms with Crippen molar-refractivity contribution in [3.05, 3.63) is 36.5 Å². The van der Waals surface area contributed by atoms with E-state index in [0.717, 1.165) is 23.6 Å². The first-order chi connectivity index (χ1) is 8.81. The lowest BCUT2D eigenvalue weighted by Gasteiger charge is -2.27. The van der Waals surface area contributed by atoms with Gasteiger partial charge >= 0.3 is 0 Å². The summed E-state index contributed by atoms with van der Waals surface area (Å²) in [6.45, 7) is 3.44. The first-order valence-corrected chi connectivity index (χ1v) is 7.60. The Hall–Kier alpha value is -1.09. The third-order valence-corrected chi connectivity index (χ3v) is 4.63. The van der Waals surface area contributed by atoms with Crippen LogP contribution in [0.3, 0.4) is 0 Å². The molecule has 0 bridgehead atoms. The number of aromatic nitrogens is 1. The number of nitrogens with zero attached hydrogens (tertiary/aromatic N) is 2. The number of hydrogen-bond donors (Lipinski definition) is 0. The molecule has 2 heterocycles. The number of benzene rings is 1. The lowest BCUT2D eigenvalue weighted by Crippen LogP contribution is -2.34. The van der Waals surface area contributed by atoms with Crippen molar-refractivity contribution in [3.8, 4) is 0 Å². The average Bonchev–Trinajstić information content (AvgIpc) is 2.79. The fraction of sp³-hybridized carbons (Fsp3) is 0.400. The summed E-state index contributed by atoms with van der Waals surface area (Å²) in [5, 5.41) is 3.55. The second-order valence-corrected chi connectivity index (χ2v) is 5.68. The van der Waals surface area contributed by atoms with E-state index in [1.807, 2.05) is 6.20 Å². The number of alkyl halides is 1. The molecule has 18 heavy (non-hydrogen) atoms. The molecule has 1 aromatic carbocycles. The number of fused-ring (bicyclic) bond motifs is 1. The molecule has 0 radical (unpaired) electrons. The van der Waals surface area contributed by atoms with E-state index in [1.54, 1.807) is 0 Å². The third-order valence-electron chi connectivity index (χ3n) is 3.97. The zero-order chi connectivity index (χ0) is 12.5. The quantitative estimate of drug-likeness (QED) is 0.784. The number of anilines is 1. The average molecular weight is 305 g/mol. The van der Waals surface area contributed by atoms with Crippen LogP contribution >= 0.6 is 15.9 Å². The van der Waals surface area contributed by atoms with Crippen LogP contribution in [0, 0.1) is 5.92 Å². The third kappa shape index (κ3) is 1.91. The highest BCUT2D eigenvalue weighted by molar-refractivity contribution is 9.09. The first kappa shape index (κ1) is 12.0. The van der Waals surface area contributed by atoms with Crippen LogP contribution in [0.5, 0.6) is 0 Å². The van der Waals surface area contributed by atoms with Gasteiger partial charge in [-0.25, -0.2) is 4.98 Å². The first-order valence-electron chi connectivity index (χ1n) is 6.47. The van der Waals surface area contributed by atoms with Gasteiger partial charge < -0.3 is 4.90 Å². The second kappa shape index (κ2) is 4.88. The maximum atomic E-state index is 4.63. The molecule has 2 unspecified atom stereocenters. The molecule has 2 aromatic rings. The minimum atomic E-state index is 0.559. The molecule has 3 heteroatoms. The molecule has 0 amide bonds. The predicted octanol–water partition coefficient (Wildman–Crippen LogP) is 3.84. The highest BCUT2D eigenvalue weighted by Gasteiger charge is 2.31. The molecule has 0 saturated carbocycles. The zero-order valence-corrected chi connectivity index (χ0v) is 12.1. The second-order valence-electron chi connectivity index (χ2n) is 5.04. The number of hydrogen-bond acceptors (Lipinski definition) is 2. The van der Waals surface area contributed by atoms with E-state index >= 15 is 0 Å². The molecule has 1 saturated heterocycles. The van der Waals surface area contributed by atoms with Crippen molar-refractivity contribution in [1.29, 1.82) is 0 Å². The lowest BCUT2D eigenvalue weighted by atomic mass is 10.0. The molecular weight excluding hydrogens is 288 g/mol. The van der Waals surface area contributed by atoms with Gasteiger partial charge in [0, 0.05) is 29.5 Å². The minimum Gasteiger partial charge on any atom is -0.352 e. The Morgan fingerprint density at radius 1 is 1.33 bits per heavy atom. The zero-order valence-electron chi connectivity index (χ0n) is 10.5. The summed E-state index contributed by atoms with van der Waals surface area (Å²) in [6, 6.07) is 11.1. The molecule has 1 aliphatic heterocycles. The SMILES string of the molecule is CC1CCN(c2nccc3ccccc23)C1CBr. The van der Waals surface area contributed by atoms with Gasteiger partial charge in [0.15, 0.2) is 0 Å². The van der Waals surface area contributed by atoms with E-state index in [-0.39, 0.29) is 0 Å². The predicted molar refractivity (Wildman–Crippen MR) is 80.5 cm³/mol. The highest BCUT2D eigenvalue weighted by atomic mass is 79.9. The van der Waals surface area contributed by atoms with Crippen molar-refractivity contribution in [2.24, 2.45) is 5.92 Å². The van der Waals surface area contributed by atoms with Gasteiger partial charge in [0.25, 0.3) is 0 Å². The van der Waals surface area contributed by atoms with Gasteiger partial charge in [-0.3, -0.25) is 0 Å². The van der Waals surface area contributed by atoms with Gasteiger partial charge in [0.1, 0.15) is 5.82 Å². The van der Waals surface area contributed by atoms with Crippen LogP contribution < -0.4 is 4.90 Å². The Labute approximate surface area is 116 Å². The Bertz CT molecular complexity index is 550. The summed E-state index contributed by atoms with van der Waals surface area (Å²) in [6.07, 6.45) is 3.17. The Morgan fingerprint density at radius 2 is 2.17 bits per heavy atom. The van der Waals surface area contributed by atoms with Crippen LogP contribution in [0.2, 0.25) is 0 Å². The van der Waals surface area contributed by atoms with Gasteiger partial charge in [-0.15, -0.1) is 0 Å². The molecule has 3 rings (SSSR count). The number of halogens is 1. The van der Waals surface area contributed by atoms with Crippen molar-refractivity contribution in [1.82, 2.24) is 4.98 Å². The van der Waals surface area contributed by atoms with Crippen molar-refractivity contribution < 1.29 is 0 Å². The summed E-state index contributed by atoms with van der Waals surface area (Å²) in [5.41, 5.74) is 0. The standard InChI is InChI=1S/C15H17BrN2/c1-11-7-9-18(14(11)10-16)15-13-5-3-2-4-12(13)6-8-17-15/h2-6,8,11,14H,7,9-10H2,1H3. The summed E-state index contributed by atoms with van der Waals surface area (Å²) in [7, 11) is 0. The van der Waals surface area contributed by atoms with Crippen LogP contribution in [0.1, 0.15) is 13.3 Å². The monoisotopic (exact) mass is 304 g/mol. The van der Waals surface area contributed by atoms with Crippen LogP contribution in [0.15, 0.2) is 36.5 Å². The molecule has 0 aliphatic carbocycles. The summed E-state index contributed by atoms with van der Waals surface area (Å²) in [5.74, 6) is 1.87. The fourth-order valence-electron chi connectivity index (χ4n) is 2.84. The molecule has 2 nitrogen and oxygen atoms in total. The molecule has 1 aliphatic rings. The Kier molecular flexibility index (Phi) is 3.25. The van der Waals surface area contributed by atoms with E-state index in [1.165, 1.54) is 17.2 Å². The van der Waals surface area contributed by atoms with Gasteiger partial charge in [-0.1, -0.05) is 47.1 Å². The maximum Gasteiger partial charge on any atom is 0.136 e. The Morgan fingerprint density at radius 3 is 3.00 bits per heavy atom. The van der Waals surface area contributed by atoms with Gasteiger partial charge in [-0.2, -0.15) is 0 Å². The minimum absolute atomic E-state index is 0.559. The summed E-state index contributed by atoms with van der Waals surface area (Å²) in [4.78, 5) is 7.09. The molecule has 2 atom stereocenters. The topological polar surface area (TPSA) is 16.1 Å². The van der Waals surface area contributed by atoms with Crippen molar-refractivity contribution in [2.45, 2.75) is 19.4 Å². The van der Waals surface area contributed by atoms with Crippen LogP contribution in [0.25, 0.3) is 10.8 Å². The summed E-state index contributed by atoms with van der Waals surface area (Å²) >= 11 is 3.65. The van der Waals surface area contributed by atoms with Crippen LogP contribution in [0.4, 0.5) is 5.82 Å². The van der Waals surface area contributed by atoms with Gasteiger partial charge in [-0.05, 0) is 23.8 Å². The molecule has 1 fully saturated rings. The van der Waals surface area contributed by atoms with Crippen molar-refractivity contribution >= 4 is 32.5 Å². The van der Waals surface area contributed by atoms with Gasteiger partial charge in [0.2, 0.25) is 0 Å². The molecule has 0 spiro atoms. The Balaban J connectivity index is 2.09. The number of pyridine rings is 1. The van der Waals surface area contributed by atoms with Crippen molar-refractivity contribution in [3.63, 3.8) is 0 Å². The fourth-order valence-corrected chi connectivity index (χ4v) is 3.83. The number of rotatable bonds is 2. The molecule has 94 valence electrons. The largest absolute Gasteiger partial charge is 0.352 e. The van der Waals surface area contributed by atoms with E-state index in [4.69, 9.17) is 0 Å². The van der Waals surface area contributed by atoms with E-state index in [2.05, 4.69) is 63.1 Å². The van der Waals surface area contributed by atoms with Crippen molar-refractivity contribution in [2.75, 3.05) is 16.8 Å². The molecule has 0 N–H and O–H groups in total. The molecule has 1 aromatic heterocycles. The van der Waals surface area contributed by atoms with Crippen LogP contribution in [-0.2, 0) is 0 Å². The van der Waals surface area contributed by atoms with Gasteiger partial charge in [0.05, 0.1) is 0 Å².